The van der Waals surface area contributed by atoms with Crippen molar-refractivity contribution in [3.05, 3.63) is 108 Å². The molecular weight excluding hydrogens is 467 g/mol. The van der Waals surface area contributed by atoms with Gasteiger partial charge in [-0.1, -0.05) is 45.0 Å². The summed E-state index contributed by atoms with van der Waals surface area (Å²) < 4.78 is 15.6. The van der Waals surface area contributed by atoms with E-state index in [0.717, 1.165) is 22.8 Å². The number of amides is 1. The smallest absolute Gasteiger partial charge is 0.255 e. The van der Waals surface area contributed by atoms with Gasteiger partial charge in [-0.05, 0) is 59.9 Å². The molecule has 0 saturated carbocycles. The van der Waals surface area contributed by atoms with Gasteiger partial charge in [-0.15, -0.1) is 0 Å². The predicted octanol–water partition coefficient (Wildman–Crippen LogP) is 6.16. The number of rotatable bonds is 5. The maximum atomic E-state index is 13.7. The van der Waals surface area contributed by atoms with Crippen LogP contribution < -0.4 is 15.5 Å². The van der Waals surface area contributed by atoms with Gasteiger partial charge in [0, 0.05) is 35.5 Å². The first-order valence-corrected chi connectivity index (χ1v) is 12.1. The zero-order chi connectivity index (χ0) is 26.2. The standard InChI is InChI=1S/C29H29FN6O/c1-19-22(33-28(37)20-11-13-21(14-12-20)29(2,3)4)7-5-8-24(19)36-17-23(27-31-15-16-35(27)18-36)32-26-10-6-9-25(30)34-26/h5-17H,18H2,1-4H3,(H,32,34)(H,33,37). The summed E-state index contributed by atoms with van der Waals surface area (Å²) in [5.74, 6) is 0.390. The lowest BCUT2D eigenvalue weighted by molar-refractivity contribution is 0.102. The summed E-state index contributed by atoms with van der Waals surface area (Å²) in [7, 11) is 0. The molecule has 3 heterocycles. The molecule has 2 aromatic heterocycles. The van der Waals surface area contributed by atoms with Gasteiger partial charge in [-0.3, -0.25) is 4.79 Å². The van der Waals surface area contributed by atoms with Crippen molar-refractivity contribution in [2.24, 2.45) is 0 Å². The number of hydrogen-bond acceptors (Lipinski definition) is 5. The lowest BCUT2D eigenvalue weighted by atomic mass is 9.86. The van der Waals surface area contributed by atoms with Crippen molar-refractivity contribution in [2.45, 2.75) is 39.8 Å². The minimum Gasteiger partial charge on any atom is -0.336 e. The summed E-state index contributed by atoms with van der Waals surface area (Å²) in [6.45, 7) is 8.95. The zero-order valence-corrected chi connectivity index (χ0v) is 21.3. The minimum atomic E-state index is -0.561. The Hall–Kier alpha value is -4.46. The second-order valence-corrected chi connectivity index (χ2v) is 10.1. The molecule has 0 aliphatic carbocycles. The van der Waals surface area contributed by atoms with Crippen LogP contribution in [0.4, 0.5) is 21.6 Å². The van der Waals surface area contributed by atoms with E-state index in [1.807, 2.05) is 66.4 Å². The van der Waals surface area contributed by atoms with Crippen molar-refractivity contribution in [1.82, 2.24) is 14.5 Å². The van der Waals surface area contributed by atoms with E-state index in [0.29, 0.717) is 23.7 Å². The Labute approximate surface area is 215 Å². The number of benzene rings is 2. The SMILES string of the molecule is Cc1c(NC(=O)c2ccc(C(C)(C)C)cc2)cccc1N1C=C(Nc2cccc(F)n2)c2nccn2C1. The molecule has 0 spiro atoms. The van der Waals surface area contributed by atoms with E-state index in [4.69, 9.17) is 0 Å². The van der Waals surface area contributed by atoms with Crippen LogP contribution in [-0.4, -0.2) is 20.4 Å². The molecule has 0 bridgehead atoms. The fourth-order valence-electron chi connectivity index (χ4n) is 4.32. The fourth-order valence-corrected chi connectivity index (χ4v) is 4.32. The van der Waals surface area contributed by atoms with E-state index in [1.54, 1.807) is 18.3 Å². The first-order chi connectivity index (χ1) is 17.7. The number of nitrogens with one attached hydrogen (secondary N) is 2. The number of nitrogens with zero attached hydrogens (tertiary/aromatic N) is 4. The van der Waals surface area contributed by atoms with Gasteiger partial charge in [0.2, 0.25) is 5.95 Å². The van der Waals surface area contributed by atoms with Gasteiger partial charge in [0.05, 0.1) is 5.70 Å². The normalized spacial score (nSPS) is 13.1. The number of imidazole rings is 1. The third-order valence-electron chi connectivity index (χ3n) is 6.40. The lowest BCUT2D eigenvalue weighted by Gasteiger charge is -2.30. The Morgan fingerprint density at radius 1 is 1.03 bits per heavy atom. The molecule has 4 aromatic rings. The van der Waals surface area contributed by atoms with E-state index < -0.39 is 5.95 Å². The van der Waals surface area contributed by atoms with Crippen LogP contribution in [0.25, 0.3) is 5.70 Å². The number of carbonyl (C=O) groups is 1. The third-order valence-corrected chi connectivity index (χ3v) is 6.40. The molecule has 1 aliphatic rings. The number of fused-ring (bicyclic) bond motifs is 1. The quantitative estimate of drug-likeness (QED) is 0.324. The van der Waals surface area contributed by atoms with Crippen molar-refractivity contribution in [2.75, 3.05) is 15.5 Å². The second-order valence-electron chi connectivity index (χ2n) is 10.1. The van der Waals surface area contributed by atoms with Crippen molar-refractivity contribution < 1.29 is 9.18 Å². The Bertz CT molecular complexity index is 1480. The Kier molecular flexibility index (Phi) is 6.25. The molecule has 37 heavy (non-hydrogen) atoms. The Morgan fingerprint density at radius 2 is 1.78 bits per heavy atom. The fraction of sp³-hybridized carbons (Fsp3) is 0.207. The topological polar surface area (TPSA) is 75.1 Å². The predicted molar refractivity (Wildman–Crippen MR) is 145 cm³/mol. The Balaban J connectivity index is 1.41. The summed E-state index contributed by atoms with van der Waals surface area (Å²) in [5.41, 5.74) is 5.06. The van der Waals surface area contributed by atoms with Crippen molar-refractivity contribution in [1.29, 1.82) is 0 Å². The molecule has 0 atom stereocenters. The van der Waals surface area contributed by atoms with E-state index in [2.05, 4.69) is 46.3 Å². The number of anilines is 3. The van der Waals surface area contributed by atoms with E-state index in [9.17, 15) is 9.18 Å². The second kappa shape index (κ2) is 9.54. The van der Waals surface area contributed by atoms with Crippen molar-refractivity contribution in [3.8, 4) is 0 Å². The summed E-state index contributed by atoms with van der Waals surface area (Å²) >= 11 is 0. The van der Waals surface area contributed by atoms with Crippen LogP contribution in [0.1, 0.15) is 48.1 Å². The molecule has 188 valence electrons. The molecule has 0 fully saturated rings. The number of aromatic nitrogens is 3. The van der Waals surface area contributed by atoms with Crippen LogP contribution in [0.5, 0.6) is 0 Å². The monoisotopic (exact) mass is 496 g/mol. The molecular formula is C29H29FN6O. The lowest BCUT2D eigenvalue weighted by Crippen LogP contribution is -2.28. The molecule has 7 nitrogen and oxygen atoms in total. The largest absolute Gasteiger partial charge is 0.336 e. The number of pyridine rings is 1. The number of halogens is 1. The minimum absolute atomic E-state index is 0.0233. The van der Waals surface area contributed by atoms with Crippen LogP contribution in [-0.2, 0) is 12.1 Å². The van der Waals surface area contributed by atoms with Gasteiger partial charge < -0.3 is 20.1 Å². The summed E-state index contributed by atoms with van der Waals surface area (Å²) in [4.78, 5) is 23.4. The van der Waals surface area contributed by atoms with Crippen molar-refractivity contribution in [3.63, 3.8) is 0 Å². The van der Waals surface area contributed by atoms with Crippen molar-refractivity contribution >= 4 is 28.8 Å². The maximum absolute atomic E-state index is 13.7. The molecule has 2 aromatic carbocycles. The molecule has 5 rings (SSSR count). The highest BCUT2D eigenvalue weighted by Gasteiger charge is 2.22. The summed E-state index contributed by atoms with van der Waals surface area (Å²) in [6, 6.07) is 18.1. The van der Waals surface area contributed by atoms with Crippen LogP contribution in [0.2, 0.25) is 0 Å². The van der Waals surface area contributed by atoms with E-state index in [1.165, 1.54) is 11.6 Å². The number of hydrogen-bond donors (Lipinski definition) is 2. The number of carbonyl (C=O) groups excluding carboxylic acids is 1. The molecule has 1 amide bonds. The summed E-state index contributed by atoms with van der Waals surface area (Å²) in [5, 5.41) is 6.24. The first-order valence-electron chi connectivity index (χ1n) is 12.1. The third kappa shape index (κ3) is 5.09. The molecule has 8 heteroatoms. The highest BCUT2D eigenvalue weighted by molar-refractivity contribution is 6.05. The average Bonchev–Trinajstić information content (AvgIpc) is 3.34. The van der Waals surface area contributed by atoms with Gasteiger partial charge in [-0.2, -0.15) is 4.39 Å². The average molecular weight is 497 g/mol. The van der Waals surface area contributed by atoms with Crippen LogP contribution in [0.3, 0.4) is 0 Å². The van der Waals surface area contributed by atoms with Gasteiger partial charge in [0.25, 0.3) is 5.91 Å². The van der Waals surface area contributed by atoms with Crippen LogP contribution >= 0.6 is 0 Å². The first kappa shape index (κ1) is 24.2. The molecule has 0 saturated heterocycles. The molecule has 0 radical (unpaired) electrons. The highest BCUT2D eigenvalue weighted by Crippen LogP contribution is 2.32. The van der Waals surface area contributed by atoms with E-state index in [-0.39, 0.29) is 11.3 Å². The van der Waals surface area contributed by atoms with Gasteiger partial charge >= 0.3 is 0 Å². The zero-order valence-electron chi connectivity index (χ0n) is 21.3. The molecule has 2 N–H and O–H groups in total. The van der Waals surface area contributed by atoms with Gasteiger partial charge in [-0.25, -0.2) is 9.97 Å². The highest BCUT2D eigenvalue weighted by atomic mass is 19.1. The maximum Gasteiger partial charge on any atom is 0.255 e. The molecule has 0 unspecified atom stereocenters. The summed E-state index contributed by atoms with van der Waals surface area (Å²) in [6.07, 6.45) is 5.54. The van der Waals surface area contributed by atoms with E-state index >= 15 is 0 Å². The van der Waals surface area contributed by atoms with Crippen LogP contribution in [0.15, 0.2) is 79.3 Å². The van der Waals surface area contributed by atoms with Gasteiger partial charge in [0.1, 0.15) is 12.5 Å². The van der Waals surface area contributed by atoms with Crippen LogP contribution in [0, 0.1) is 12.9 Å². The molecule has 1 aliphatic heterocycles. The van der Waals surface area contributed by atoms with Gasteiger partial charge in [0.15, 0.2) is 5.82 Å². The Morgan fingerprint density at radius 3 is 2.51 bits per heavy atom.